The van der Waals surface area contributed by atoms with E-state index in [0.717, 1.165) is 29.6 Å². The van der Waals surface area contributed by atoms with E-state index < -0.39 is 0 Å². The molecule has 0 heterocycles. The monoisotopic (exact) mass is 437 g/mol. The Kier molecular flexibility index (Phi) is 7.70. The molecule has 146 valence electrons. The van der Waals surface area contributed by atoms with E-state index in [4.69, 9.17) is 4.74 Å². The predicted molar refractivity (Wildman–Crippen MR) is 121 cm³/mol. The molecule has 3 aromatic carbocycles. The smallest absolute Gasteiger partial charge is 0.124 e. The van der Waals surface area contributed by atoms with Crippen molar-refractivity contribution in [3.63, 3.8) is 0 Å². The van der Waals surface area contributed by atoms with Gasteiger partial charge in [-0.2, -0.15) is 0 Å². The largest absolute Gasteiger partial charge is 0.489 e. The van der Waals surface area contributed by atoms with E-state index in [1.165, 1.54) is 22.3 Å². The number of rotatable bonds is 9. The molecular weight excluding hydrogens is 410 g/mol. The molecule has 0 aromatic heterocycles. The maximum Gasteiger partial charge on any atom is 0.124 e. The molecular formula is C25H28BrNO. The van der Waals surface area contributed by atoms with Crippen LogP contribution in [0.3, 0.4) is 0 Å². The molecule has 0 amide bonds. The first-order chi connectivity index (χ1) is 13.7. The Bertz CT molecular complexity index is 879. The Morgan fingerprint density at radius 2 is 1.68 bits per heavy atom. The van der Waals surface area contributed by atoms with Gasteiger partial charge in [0.15, 0.2) is 0 Å². The molecule has 0 bridgehead atoms. The SMILES string of the molecule is CCCC(NCc1cc(Br)ccc1OCc1ccccc1C)c1ccccc1. The quantitative estimate of drug-likeness (QED) is 0.390. The summed E-state index contributed by atoms with van der Waals surface area (Å²) in [5.74, 6) is 0.933. The second kappa shape index (κ2) is 10.4. The maximum absolute atomic E-state index is 6.20. The minimum Gasteiger partial charge on any atom is -0.489 e. The van der Waals surface area contributed by atoms with Gasteiger partial charge in [-0.25, -0.2) is 0 Å². The summed E-state index contributed by atoms with van der Waals surface area (Å²) < 4.78 is 7.26. The number of benzene rings is 3. The Labute approximate surface area is 177 Å². The molecule has 0 aliphatic heterocycles. The van der Waals surface area contributed by atoms with E-state index >= 15 is 0 Å². The zero-order valence-corrected chi connectivity index (χ0v) is 18.2. The first-order valence-corrected chi connectivity index (χ1v) is 10.7. The maximum atomic E-state index is 6.20. The van der Waals surface area contributed by atoms with Crippen molar-refractivity contribution in [3.05, 3.63) is 99.5 Å². The first kappa shape index (κ1) is 20.6. The van der Waals surface area contributed by atoms with E-state index in [1.807, 2.05) is 6.07 Å². The van der Waals surface area contributed by atoms with E-state index in [-0.39, 0.29) is 0 Å². The molecule has 0 saturated heterocycles. The van der Waals surface area contributed by atoms with Gasteiger partial charge >= 0.3 is 0 Å². The van der Waals surface area contributed by atoms with Crippen molar-refractivity contribution in [2.24, 2.45) is 0 Å². The summed E-state index contributed by atoms with van der Waals surface area (Å²) in [7, 11) is 0. The highest BCUT2D eigenvalue weighted by Crippen LogP contribution is 2.26. The number of hydrogen-bond donors (Lipinski definition) is 1. The van der Waals surface area contributed by atoms with Crippen molar-refractivity contribution in [1.82, 2.24) is 5.32 Å². The average Bonchev–Trinajstić information content (AvgIpc) is 2.72. The van der Waals surface area contributed by atoms with Crippen LogP contribution >= 0.6 is 15.9 Å². The van der Waals surface area contributed by atoms with Gasteiger partial charge in [0.2, 0.25) is 0 Å². The molecule has 0 radical (unpaired) electrons. The average molecular weight is 438 g/mol. The molecule has 0 saturated carbocycles. The molecule has 3 aromatic rings. The Morgan fingerprint density at radius 3 is 2.43 bits per heavy atom. The van der Waals surface area contributed by atoms with Crippen molar-refractivity contribution in [1.29, 1.82) is 0 Å². The molecule has 1 atom stereocenters. The third-order valence-corrected chi connectivity index (χ3v) is 5.48. The zero-order valence-electron chi connectivity index (χ0n) is 16.6. The fourth-order valence-electron chi connectivity index (χ4n) is 3.35. The highest BCUT2D eigenvalue weighted by Gasteiger charge is 2.12. The second-order valence-corrected chi connectivity index (χ2v) is 8.02. The van der Waals surface area contributed by atoms with Gasteiger partial charge in [0, 0.05) is 22.6 Å². The molecule has 28 heavy (non-hydrogen) atoms. The summed E-state index contributed by atoms with van der Waals surface area (Å²) in [6.07, 6.45) is 2.25. The van der Waals surface area contributed by atoms with E-state index in [9.17, 15) is 0 Å². The van der Waals surface area contributed by atoms with Crippen LogP contribution in [0.2, 0.25) is 0 Å². The highest BCUT2D eigenvalue weighted by molar-refractivity contribution is 9.10. The van der Waals surface area contributed by atoms with Crippen LogP contribution in [0, 0.1) is 6.92 Å². The lowest BCUT2D eigenvalue weighted by Crippen LogP contribution is -2.21. The van der Waals surface area contributed by atoms with Gasteiger partial charge in [-0.05, 0) is 48.2 Å². The lowest BCUT2D eigenvalue weighted by molar-refractivity contribution is 0.300. The van der Waals surface area contributed by atoms with Crippen LogP contribution in [0.1, 0.15) is 48.1 Å². The van der Waals surface area contributed by atoms with Crippen LogP contribution in [0.25, 0.3) is 0 Å². The Morgan fingerprint density at radius 1 is 0.929 bits per heavy atom. The van der Waals surface area contributed by atoms with Crippen LogP contribution in [-0.4, -0.2) is 0 Å². The van der Waals surface area contributed by atoms with Crippen molar-refractivity contribution < 1.29 is 4.74 Å². The van der Waals surface area contributed by atoms with Gasteiger partial charge in [-0.1, -0.05) is 83.9 Å². The molecule has 1 unspecified atom stereocenters. The van der Waals surface area contributed by atoms with E-state index in [0.29, 0.717) is 12.6 Å². The minimum absolute atomic E-state index is 0.342. The lowest BCUT2D eigenvalue weighted by atomic mass is 10.0. The van der Waals surface area contributed by atoms with E-state index in [1.54, 1.807) is 0 Å². The zero-order chi connectivity index (χ0) is 19.8. The summed E-state index contributed by atoms with van der Waals surface area (Å²) in [5.41, 5.74) is 4.98. The summed E-state index contributed by atoms with van der Waals surface area (Å²) in [6, 6.07) is 25.6. The van der Waals surface area contributed by atoms with Gasteiger partial charge in [0.05, 0.1) is 0 Å². The summed E-state index contributed by atoms with van der Waals surface area (Å²) >= 11 is 3.60. The van der Waals surface area contributed by atoms with Crippen LogP contribution in [0.15, 0.2) is 77.3 Å². The summed E-state index contributed by atoms with van der Waals surface area (Å²) in [5, 5.41) is 3.73. The Balaban J connectivity index is 1.72. The van der Waals surface area contributed by atoms with Gasteiger partial charge in [0.25, 0.3) is 0 Å². The summed E-state index contributed by atoms with van der Waals surface area (Å²) in [6.45, 7) is 5.70. The predicted octanol–water partition coefficient (Wildman–Crippen LogP) is 6.97. The van der Waals surface area contributed by atoms with Crippen molar-refractivity contribution in [3.8, 4) is 5.75 Å². The van der Waals surface area contributed by atoms with E-state index in [2.05, 4.69) is 102 Å². The van der Waals surface area contributed by atoms with Gasteiger partial charge in [0.1, 0.15) is 12.4 Å². The van der Waals surface area contributed by atoms with Gasteiger partial charge in [-0.3, -0.25) is 0 Å². The number of hydrogen-bond acceptors (Lipinski definition) is 2. The molecule has 0 aliphatic carbocycles. The molecule has 3 rings (SSSR count). The van der Waals surface area contributed by atoms with Crippen LogP contribution in [0.5, 0.6) is 5.75 Å². The molecule has 0 aliphatic rings. The van der Waals surface area contributed by atoms with Crippen LogP contribution < -0.4 is 10.1 Å². The summed E-state index contributed by atoms with van der Waals surface area (Å²) in [4.78, 5) is 0. The first-order valence-electron chi connectivity index (χ1n) is 9.91. The third kappa shape index (κ3) is 5.70. The number of aryl methyl sites for hydroxylation is 1. The fourth-order valence-corrected chi connectivity index (χ4v) is 3.76. The normalized spacial score (nSPS) is 12.0. The number of halogens is 1. The molecule has 3 heteroatoms. The molecule has 0 fully saturated rings. The van der Waals surface area contributed by atoms with Crippen LogP contribution in [0.4, 0.5) is 0 Å². The standard InChI is InChI=1S/C25H28BrNO/c1-3-9-24(20-11-5-4-6-12-20)27-17-22-16-23(26)14-15-25(22)28-18-21-13-8-7-10-19(21)2/h4-8,10-16,24,27H,3,9,17-18H2,1-2H3. The second-order valence-electron chi connectivity index (χ2n) is 7.10. The highest BCUT2D eigenvalue weighted by atomic mass is 79.9. The van der Waals surface area contributed by atoms with Crippen molar-refractivity contribution in [2.45, 2.75) is 45.9 Å². The fraction of sp³-hybridized carbons (Fsp3) is 0.280. The third-order valence-electron chi connectivity index (χ3n) is 4.99. The topological polar surface area (TPSA) is 21.3 Å². The molecule has 2 nitrogen and oxygen atoms in total. The van der Waals surface area contributed by atoms with Gasteiger partial charge in [-0.15, -0.1) is 0 Å². The number of nitrogens with one attached hydrogen (secondary N) is 1. The van der Waals surface area contributed by atoms with Gasteiger partial charge < -0.3 is 10.1 Å². The van der Waals surface area contributed by atoms with Crippen molar-refractivity contribution in [2.75, 3.05) is 0 Å². The van der Waals surface area contributed by atoms with Crippen LogP contribution in [-0.2, 0) is 13.2 Å². The molecule has 1 N–H and O–H groups in total. The number of ether oxygens (including phenoxy) is 1. The van der Waals surface area contributed by atoms with Crippen molar-refractivity contribution >= 4 is 15.9 Å². The lowest BCUT2D eigenvalue weighted by Gasteiger charge is -2.20. The minimum atomic E-state index is 0.342. The molecule has 0 spiro atoms. The Hall–Kier alpha value is -2.10.